The zero-order valence-electron chi connectivity index (χ0n) is 30.1. The first-order chi connectivity index (χ1) is 24.5. The first kappa shape index (κ1) is 39.1. The minimum atomic E-state index is -2.07. The van der Waals surface area contributed by atoms with Crippen molar-refractivity contribution in [2.45, 2.75) is 72.6 Å². The molecule has 2 heterocycles. The third-order valence-electron chi connectivity index (χ3n) is 8.94. The van der Waals surface area contributed by atoms with Crippen molar-refractivity contribution in [3.63, 3.8) is 0 Å². The average Bonchev–Trinajstić information content (AvgIpc) is 3.17. The van der Waals surface area contributed by atoms with Crippen LogP contribution < -0.4 is 0 Å². The first-order valence-electron chi connectivity index (χ1n) is 18.4. The molecule has 6 aromatic rings. The van der Waals surface area contributed by atoms with E-state index < -0.39 is 18.4 Å². The van der Waals surface area contributed by atoms with Crippen molar-refractivity contribution in [3.8, 4) is 0 Å². The van der Waals surface area contributed by atoms with Crippen LogP contribution in [0.15, 0.2) is 138 Å². The number of hydrogen-bond donors (Lipinski definition) is 0. The summed E-state index contributed by atoms with van der Waals surface area (Å²) in [6.45, 7) is 7.03. The van der Waals surface area contributed by atoms with Gasteiger partial charge in [0.1, 0.15) is 5.15 Å². The van der Waals surface area contributed by atoms with Crippen LogP contribution in [-0.2, 0) is 0 Å². The molecule has 258 valence electrons. The summed E-state index contributed by atoms with van der Waals surface area (Å²) in [7, 11) is 0. The van der Waals surface area contributed by atoms with E-state index in [4.69, 9.17) is 11.6 Å². The number of unbranched alkanes of at least 4 members (excludes halogenated alkanes) is 3. The molecule has 0 aliphatic carbocycles. The van der Waals surface area contributed by atoms with Gasteiger partial charge in [-0.25, -0.2) is 9.97 Å². The molecule has 0 bridgehead atoms. The van der Waals surface area contributed by atoms with Gasteiger partial charge in [0.25, 0.3) is 0 Å². The van der Waals surface area contributed by atoms with Crippen molar-refractivity contribution in [1.82, 2.24) is 9.97 Å². The van der Waals surface area contributed by atoms with E-state index in [1.165, 1.54) is 55.0 Å². The summed E-state index contributed by atoms with van der Waals surface area (Å²) in [4.78, 5) is 8.74. The number of pyridine rings is 2. The summed E-state index contributed by atoms with van der Waals surface area (Å²) in [5, 5.41) is 2.84. The van der Waals surface area contributed by atoms with E-state index in [0.717, 1.165) is 22.1 Å². The summed E-state index contributed by atoms with van der Waals surface area (Å²) < 4.78 is 7.45. The molecule has 0 radical (unpaired) electrons. The van der Waals surface area contributed by atoms with Crippen LogP contribution in [0.4, 0.5) is 0 Å². The molecule has 0 N–H and O–H groups in total. The first-order valence-corrected chi connectivity index (χ1v) is 26.5. The molecule has 0 saturated heterocycles. The molecule has 0 unspecified atom stereocenters. The van der Waals surface area contributed by atoms with Crippen molar-refractivity contribution in [2.75, 3.05) is 0 Å². The van der Waals surface area contributed by atoms with E-state index in [-0.39, 0.29) is 0 Å². The molecule has 6 rings (SSSR count). The molecular formula is C46H53ClN2Sn. The molecule has 0 atom stereocenters. The normalized spacial score (nSPS) is 11.4. The fourth-order valence-electron chi connectivity index (χ4n) is 6.01. The Morgan fingerprint density at radius 1 is 0.480 bits per heavy atom. The number of halogens is 1. The van der Waals surface area contributed by atoms with Crippen LogP contribution in [0.5, 0.6) is 0 Å². The van der Waals surface area contributed by atoms with Crippen LogP contribution in [-0.4, -0.2) is 28.3 Å². The summed E-state index contributed by atoms with van der Waals surface area (Å²) >= 11 is 3.64. The van der Waals surface area contributed by atoms with Crippen molar-refractivity contribution < 1.29 is 0 Å². The van der Waals surface area contributed by atoms with Crippen LogP contribution in [0.2, 0.25) is 18.5 Å². The standard InChI is InChI=1S/C17H13N.C9H6ClN.C8H7.3C4H9.Sn/c1-2-6-14(7-3-1)10-12-16-13-11-15-8-4-5-9-17(15)18-16;10-9-6-5-7-3-1-2-4-8(7)11-9;1-2-8-6-4-3-5-7-8;3*1-3-4-2;/h1-13H;1-6H;1-7H;3*1,3-4H2,2H3;/b12-10+;;;;;;. The summed E-state index contributed by atoms with van der Waals surface area (Å²) in [5.41, 5.74) is 5.54. The van der Waals surface area contributed by atoms with Gasteiger partial charge in [0.2, 0.25) is 0 Å². The molecule has 0 spiro atoms. The molecule has 0 aliphatic rings. The maximum absolute atomic E-state index is 5.71. The number of aromatic nitrogens is 2. The topological polar surface area (TPSA) is 25.8 Å². The summed E-state index contributed by atoms with van der Waals surface area (Å²) in [6.07, 6.45) is 15.0. The summed E-state index contributed by atoms with van der Waals surface area (Å²) in [5.74, 6) is 0. The van der Waals surface area contributed by atoms with Crippen LogP contribution >= 0.6 is 11.6 Å². The number of para-hydroxylation sites is 2. The van der Waals surface area contributed by atoms with Crippen LogP contribution in [0, 0.1) is 0 Å². The number of fused-ring (bicyclic) bond motifs is 2. The van der Waals surface area contributed by atoms with Gasteiger partial charge < -0.3 is 0 Å². The van der Waals surface area contributed by atoms with Crippen LogP contribution in [0.3, 0.4) is 0 Å². The Bertz CT molecular complexity index is 1860. The fourth-order valence-corrected chi connectivity index (χ4v) is 20.3. The van der Waals surface area contributed by atoms with Gasteiger partial charge in [-0.15, -0.1) is 0 Å². The Hall–Kier alpha value is -3.73. The molecule has 2 aromatic heterocycles. The predicted molar refractivity (Wildman–Crippen MR) is 224 cm³/mol. The zero-order valence-corrected chi connectivity index (χ0v) is 33.8. The average molecular weight is 788 g/mol. The van der Waals surface area contributed by atoms with Crippen molar-refractivity contribution in [3.05, 3.63) is 160 Å². The molecule has 0 amide bonds. The molecule has 0 fully saturated rings. The van der Waals surface area contributed by atoms with Gasteiger partial charge in [0, 0.05) is 10.8 Å². The Kier molecular flexibility index (Phi) is 17.3. The molecule has 0 saturated carbocycles. The zero-order chi connectivity index (χ0) is 35.3. The Balaban J connectivity index is 0.000000176. The van der Waals surface area contributed by atoms with E-state index in [9.17, 15) is 0 Å². The molecule has 2 nitrogen and oxygen atoms in total. The minimum absolute atomic E-state index is 0.545. The van der Waals surface area contributed by atoms with E-state index in [1.807, 2.05) is 78.9 Å². The van der Waals surface area contributed by atoms with Gasteiger partial charge in [-0.05, 0) is 42.0 Å². The molecule has 4 heteroatoms. The largest absolute Gasteiger partial charge is 0.236 e. The van der Waals surface area contributed by atoms with Gasteiger partial charge in [0.15, 0.2) is 0 Å². The van der Waals surface area contributed by atoms with E-state index in [2.05, 4.69) is 102 Å². The fraction of sp³-hybridized carbons (Fsp3) is 0.261. The maximum atomic E-state index is 5.71. The second-order valence-corrected chi connectivity index (χ2v) is 26.3. The van der Waals surface area contributed by atoms with Crippen LogP contribution in [0.25, 0.3) is 40.0 Å². The van der Waals surface area contributed by atoms with Crippen molar-refractivity contribution in [1.29, 1.82) is 0 Å². The van der Waals surface area contributed by atoms with Gasteiger partial charge in [-0.1, -0.05) is 90.5 Å². The minimum Gasteiger partial charge on any atom is -0.236 e. The number of rotatable bonds is 13. The molecule has 4 aromatic carbocycles. The van der Waals surface area contributed by atoms with Gasteiger partial charge in [-0.2, -0.15) is 0 Å². The monoisotopic (exact) mass is 788 g/mol. The smallest absolute Gasteiger partial charge is 0.129 e. The Morgan fingerprint density at radius 3 is 1.48 bits per heavy atom. The van der Waals surface area contributed by atoms with Gasteiger partial charge in [0.05, 0.1) is 16.7 Å². The third kappa shape index (κ3) is 13.5. The molecular weight excluding hydrogens is 735 g/mol. The Labute approximate surface area is 310 Å². The molecule has 50 heavy (non-hydrogen) atoms. The van der Waals surface area contributed by atoms with Gasteiger partial charge in [-0.3, -0.25) is 0 Å². The quantitative estimate of drug-likeness (QED) is 0.0860. The van der Waals surface area contributed by atoms with E-state index in [1.54, 1.807) is 19.4 Å². The number of hydrogen-bond acceptors (Lipinski definition) is 2. The predicted octanol–water partition coefficient (Wildman–Crippen LogP) is 14.4. The second-order valence-electron chi connectivity index (χ2n) is 12.9. The SMILES string of the molecule is C(=C\c1ccc2ccccc2n1)/c1ccccc1.CCC[CH2][Sn](/[CH]=C/c1ccccc1)([CH2]CCC)[CH2]CCC.Clc1ccc2ccccc2n1. The summed E-state index contributed by atoms with van der Waals surface area (Å²) in [6, 6.07) is 45.1. The van der Waals surface area contributed by atoms with E-state index in [0.29, 0.717) is 5.15 Å². The number of nitrogens with zero attached hydrogens (tertiary/aromatic N) is 2. The van der Waals surface area contributed by atoms with Gasteiger partial charge >= 0.3 is 137 Å². The third-order valence-corrected chi connectivity index (χ3v) is 23.2. The van der Waals surface area contributed by atoms with Crippen LogP contribution in [0.1, 0.15) is 76.1 Å². The van der Waals surface area contributed by atoms with Crippen molar-refractivity contribution in [2.24, 2.45) is 0 Å². The maximum Gasteiger partial charge on any atom is 0.129 e. The second kappa shape index (κ2) is 22.2. The Morgan fingerprint density at radius 2 is 0.940 bits per heavy atom. The van der Waals surface area contributed by atoms with E-state index >= 15 is 0 Å². The van der Waals surface area contributed by atoms with Crippen molar-refractivity contribution >= 4 is 70.0 Å². The molecule has 0 aliphatic heterocycles. The number of benzene rings is 4.